The van der Waals surface area contributed by atoms with Crippen LogP contribution < -0.4 is 0 Å². The fraction of sp³-hybridized carbons (Fsp3) is 0.364. The van der Waals surface area contributed by atoms with Crippen molar-refractivity contribution in [3.63, 3.8) is 0 Å². The zero-order chi connectivity index (χ0) is 21.8. The molecule has 0 amide bonds. The maximum atomic E-state index is 12.9. The molecule has 0 unspecified atom stereocenters. The van der Waals surface area contributed by atoms with Crippen molar-refractivity contribution in [2.24, 2.45) is 0 Å². The van der Waals surface area contributed by atoms with Crippen LogP contribution >= 0.6 is 11.8 Å². The number of benzene rings is 2. The summed E-state index contributed by atoms with van der Waals surface area (Å²) in [5.41, 5.74) is 3.06. The van der Waals surface area contributed by atoms with Crippen molar-refractivity contribution < 1.29 is 17.6 Å². The quantitative estimate of drug-likeness (QED) is 0.490. The van der Waals surface area contributed by atoms with E-state index in [1.54, 1.807) is 24.3 Å². The highest BCUT2D eigenvalue weighted by Gasteiger charge is 2.26. The summed E-state index contributed by atoms with van der Waals surface area (Å²) in [5.74, 6) is 1.52. The zero-order valence-electron chi connectivity index (χ0n) is 17.5. The first-order valence-corrected chi connectivity index (χ1v) is 12.6. The molecule has 0 atom stereocenters. The number of sulfonamides is 1. The summed E-state index contributed by atoms with van der Waals surface area (Å²) in [4.78, 5) is 0.213. The van der Waals surface area contributed by atoms with Gasteiger partial charge in [0.2, 0.25) is 15.9 Å². The van der Waals surface area contributed by atoms with E-state index >= 15 is 0 Å². The number of rotatable bonds is 7. The maximum Gasteiger partial charge on any atom is 0.277 e. The Bertz CT molecular complexity index is 1120. The van der Waals surface area contributed by atoms with Crippen molar-refractivity contribution in [1.82, 2.24) is 14.5 Å². The molecule has 4 rings (SSSR count). The van der Waals surface area contributed by atoms with Gasteiger partial charge in [0.15, 0.2) is 0 Å². The van der Waals surface area contributed by atoms with Crippen LogP contribution in [-0.4, -0.2) is 49.2 Å². The number of aromatic nitrogens is 2. The van der Waals surface area contributed by atoms with Crippen LogP contribution in [0.25, 0.3) is 11.5 Å². The topological polar surface area (TPSA) is 85.5 Å². The molecule has 0 aliphatic carbocycles. The number of hydrogen-bond acceptors (Lipinski definition) is 7. The van der Waals surface area contributed by atoms with Crippen LogP contribution in [0.5, 0.6) is 0 Å². The minimum Gasteiger partial charge on any atom is -0.411 e. The Labute approximate surface area is 186 Å². The summed E-state index contributed by atoms with van der Waals surface area (Å²) in [6.07, 6.45) is 0. The van der Waals surface area contributed by atoms with Gasteiger partial charge in [-0.25, -0.2) is 8.42 Å². The van der Waals surface area contributed by atoms with Gasteiger partial charge in [0.1, 0.15) is 0 Å². The van der Waals surface area contributed by atoms with Crippen molar-refractivity contribution in [3.8, 4) is 11.5 Å². The Morgan fingerprint density at radius 2 is 1.81 bits per heavy atom. The molecule has 3 aromatic rings. The van der Waals surface area contributed by atoms with Crippen molar-refractivity contribution in [1.29, 1.82) is 0 Å². The smallest absolute Gasteiger partial charge is 0.277 e. The van der Waals surface area contributed by atoms with E-state index in [0.717, 1.165) is 0 Å². The lowest BCUT2D eigenvalue weighted by molar-refractivity contribution is 0.0730. The minimum absolute atomic E-state index is 0.213. The van der Waals surface area contributed by atoms with Crippen LogP contribution in [0.3, 0.4) is 0 Å². The highest BCUT2D eigenvalue weighted by atomic mass is 32.2. The molecule has 9 heteroatoms. The van der Waals surface area contributed by atoms with E-state index in [9.17, 15) is 8.42 Å². The van der Waals surface area contributed by atoms with Gasteiger partial charge in [-0.1, -0.05) is 55.9 Å². The highest BCUT2D eigenvalue weighted by Crippen LogP contribution is 2.28. The fourth-order valence-corrected chi connectivity index (χ4v) is 5.43. The first-order chi connectivity index (χ1) is 14.9. The summed E-state index contributed by atoms with van der Waals surface area (Å²) in [6, 6.07) is 15.1. The third-order valence-electron chi connectivity index (χ3n) is 5.10. The fourth-order valence-electron chi connectivity index (χ4n) is 3.25. The zero-order valence-corrected chi connectivity index (χ0v) is 19.2. The van der Waals surface area contributed by atoms with Crippen molar-refractivity contribution in [3.05, 3.63) is 59.7 Å². The lowest BCUT2D eigenvalue weighted by Crippen LogP contribution is -2.40. The third-order valence-corrected chi connectivity index (χ3v) is 7.89. The highest BCUT2D eigenvalue weighted by molar-refractivity contribution is 7.98. The predicted molar refractivity (Wildman–Crippen MR) is 119 cm³/mol. The number of thioether (sulfide) groups is 1. The van der Waals surface area contributed by atoms with E-state index in [2.05, 4.69) is 48.3 Å². The second-order valence-corrected chi connectivity index (χ2v) is 10.5. The van der Waals surface area contributed by atoms with Crippen LogP contribution in [-0.2, 0) is 20.5 Å². The average Bonchev–Trinajstić information content (AvgIpc) is 3.28. The van der Waals surface area contributed by atoms with Crippen LogP contribution in [0, 0.1) is 0 Å². The van der Waals surface area contributed by atoms with Crippen LogP contribution in [0.4, 0.5) is 0 Å². The molecular weight excluding hydrogens is 434 g/mol. The molecule has 1 aliphatic heterocycles. The van der Waals surface area contributed by atoms with Gasteiger partial charge in [0.25, 0.3) is 5.22 Å². The van der Waals surface area contributed by atoms with Gasteiger partial charge in [-0.05, 0) is 35.2 Å². The Morgan fingerprint density at radius 3 is 2.52 bits per heavy atom. The van der Waals surface area contributed by atoms with Gasteiger partial charge >= 0.3 is 0 Å². The van der Waals surface area contributed by atoms with Gasteiger partial charge in [-0.15, -0.1) is 10.2 Å². The largest absolute Gasteiger partial charge is 0.411 e. The molecule has 0 bridgehead atoms. The molecule has 0 saturated carbocycles. The molecule has 2 aromatic carbocycles. The van der Waals surface area contributed by atoms with Gasteiger partial charge < -0.3 is 9.15 Å². The van der Waals surface area contributed by atoms with Gasteiger partial charge in [-0.3, -0.25) is 0 Å². The normalized spacial score (nSPS) is 15.5. The Hall–Kier alpha value is -2.20. The van der Waals surface area contributed by atoms with Gasteiger partial charge in [0.05, 0.1) is 18.1 Å². The Kier molecular flexibility index (Phi) is 6.76. The van der Waals surface area contributed by atoms with Crippen molar-refractivity contribution in [2.45, 2.75) is 35.6 Å². The second-order valence-electron chi connectivity index (χ2n) is 7.60. The minimum atomic E-state index is -3.58. The summed E-state index contributed by atoms with van der Waals surface area (Å²) >= 11 is 1.46. The molecule has 2 heterocycles. The van der Waals surface area contributed by atoms with E-state index < -0.39 is 10.0 Å². The Balaban J connectivity index is 1.46. The molecular formula is C22H25N3O4S2. The maximum absolute atomic E-state index is 12.9. The summed E-state index contributed by atoms with van der Waals surface area (Å²) in [5, 5.41) is 8.66. The summed E-state index contributed by atoms with van der Waals surface area (Å²) in [6.45, 7) is 5.86. The van der Waals surface area contributed by atoms with E-state index in [4.69, 9.17) is 9.15 Å². The van der Waals surface area contributed by atoms with Crippen molar-refractivity contribution in [2.75, 3.05) is 26.3 Å². The molecule has 164 valence electrons. The lowest BCUT2D eigenvalue weighted by Gasteiger charge is -2.26. The molecule has 1 aliphatic rings. The first-order valence-electron chi connectivity index (χ1n) is 10.2. The molecule has 0 spiro atoms. The van der Waals surface area contributed by atoms with Crippen molar-refractivity contribution >= 4 is 21.8 Å². The second kappa shape index (κ2) is 9.52. The van der Waals surface area contributed by atoms with Gasteiger partial charge in [-0.2, -0.15) is 4.31 Å². The van der Waals surface area contributed by atoms with Crippen LogP contribution in [0.1, 0.15) is 30.9 Å². The Morgan fingerprint density at radius 1 is 1.06 bits per heavy atom. The molecule has 7 nitrogen and oxygen atoms in total. The van der Waals surface area contributed by atoms with Crippen LogP contribution in [0.2, 0.25) is 0 Å². The van der Waals surface area contributed by atoms with Gasteiger partial charge in [0, 0.05) is 24.4 Å². The third kappa shape index (κ3) is 5.17. The van der Waals surface area contributed by atoms with E-state index in [-0.39, 0.29) is 4.90 Å². The molecule has 1 fully saturated rings. The SMILES string of the molecule is CC(C)c1ccc(CSc2nnc(-c3cccc(S(=O)(=O)N4CCOCC4)c3)o2)cc1. The molecule has 0 N–H and O–H groups in total. The van der Waals surface area contributed by atoms with E-state index in [0.29, 0.717) is 54.7 Å². The predicted octanol–water partition coefficient (Wildman–Crippen LogP) is 4.17. The van der Waals surface area contributed by atoms with E-state index in [1.165, 1.54) is 27.2 Å². The number of morpholine rings is 1. The summed E-state index contributed by atoms with van der Waals surface area (Å²) in [7, 11) is -3.58. The number of hydrogen-bond donors (Lipinski definition) is 0. The molecule has 1 saturated heterocycles. The monoisotopic (exact) mass is 459 g/mol. The molecule has 1 aromatic heterocycles. The lowest BCUT2D eigenvalue weighted by atomic mass is 10.0. The first kappa shape index (κ1) is 22.0. The average molecular weight is 460 g/mol. The van der Waals surface area contributed by atoms with Crippen LogP contribution in [0.15, 0.2) is 63.1 Å². The molecule has 31 heavy (non-hydrogen) atoms. The standard InChI is InChI=1S/C22H25N3O4S2/c1-16(2)18-8-6-17(7-9-18)15-30-22-24-23-21(29-22)19-4-3-5-20(14-19)31(26,27)25-10-12-28-13-11-25/h3-9,14,16H,10-13,15H2,1-2H3. The number of nitrogens with zero attached hydrogens (tertiary/aromatic N) is 3. The number of ether oxygens (including phenoxy) is 1. The summed E-state index contributed by atoms with van der Waals surface area (Å²) < 4.78 is 38.3. The van der Waals surface area contributed by atoms with E-state index in [1.807, 2.05) is 0 Å². The molecule has 0 radical (unpaired) electrons.